The van der Waals surface area contributed by atoms with Crippen molar-refractivity contribution in [1.29, 1.82) is 0 Å². The first-order valence-corrected chi connectivity index (χ1v) is 19.0. The molecule has 0 fully saturated rings. The molecular weight excluding hydrogens is 697 g/mol. The van der Waals surface area contributed by atoms with Crippen LogP contribution in [-0.2, 0) is 0 Å². The second kappa shape index (κ2) is 13.5. The molecule has 57 heavy (non-hydrogen) atoms. The highest BCUT2D eigenvalue weighted by Gasteiger charge is 2.19. The van der Waals surface area contributed by atoms with Crippen LogP contribution < -0.4 is 0 Å². The number of fused-ring (bicyclic) bond motifs is 7. The van der Waals surface area contributed by atoms with Crippen molar-refractivity contribution >= 4 is 43.6 Å². The summed E-state index contributed by atoms with van der Waals surface area (Å²) in [6.45, 7) is 0. The number of hydrogen-bond donors (Lipinski definition) is 0. The van der Waals surface area contributed by atoms with Gasteiger partial charge in [0.15, 0.2) is 17.5 Å². The summed E-state index contributed by atoms with van der Waals surface area (Å²) in [6, 6.07) is 66.8. The molecule has 266 valence electrons. The number of pyridine rings is 1. The predicted molar refractivity (Wildman–Crippen MR) is 233 cm³/mol. The molecule has 0 spiro atoms. The molecule has 0 aliphatic rings. The van der Waals surface area contributed by atoms with Gasteiger partial charge in [0.25, 0.3) is 0 Å². The molecule has 5 nitrogen and oxygen atoms in total. The number of aromatic nitrogens is 4. The molecule has 0 atom stereocenters. The summed E-state index contributed by atoms with van der Waals surface area (Å²) in [5, 5.41) is 5.40. The second-order valence-electron chi connectivity index (χ2n) is 14.2. The zero-order valence-corrected chi connectivity index (χ0v) is 30.7. The molecule has 3 aromatic heterocycles. The van der Waals surface area contributed by atoms with E-state index in [9.17, 15) is 0 Å². The van der Waals surface area contributed by atoms with E-state index in [4.69, 9.17) is 24.4 Å². The highest BCUT2D eigenvalue weighted by atomic mass is 16.3. The highest BCUT2D eigenvalue weighted by Crippen LogP contribution is 2.42. The minimum Gasteiger partial charge on any atom is -0.456 e. The molecule has 0 amide bonds. The van der Waals surface area contributed by atoms with Crippen molar-refractivity contribution in [3.05, 3.63) is 194 Å². The first kappa shape index (κ1) is 32.7. The lowest BCUT2D eigenvalue weighted by Gasteiger charge is -2.11. The molecule has 3 heterocycles. The quantitative estimate of drug-likeness (QED) is 0.160. The van der Waals surface area contributed by atoms with Crippen LogP contribution in [0.4, 0.5) is 0 Å². The number of nitrogens with zero attached hydrogens (tertiary/aromatic N) is 4. The van der Waals surface area contributed by atoms with Gasteiger partial charge in [-0.05, 0) is 52.6 Å². The highest BCUT2D eigenvalue weighted by molar-refractivity contribution is 6.28. The van der Waals surface area contributed by atoms with E-state index in [2.05, 4.69) is 170 Å². The van der Waals surface area contributed by atoms with Crippen LogP contribution in [0.15, 0.2) is 199 Å². The van der Waals surface area contributed by atoms with E-state index in [1.807, 2.05) is 24.3 Å². The summed E-state index contributed by atoms with van der Waals surface area (Å²) >= 11 is 0. The van der Waals surface area contributed by atoms with Crippen molar-refractivity contribution in [2.75, 3.05) is 0 Å². The molecule has 5 heteroatoms. The summed E-state index contributed by atoms with van der Waals surface area (Å²) in [6.07, 6.45) is 0. The minimum atomic E-state index is 0.572. The van der Waals surface area contributed by atoms with Crippen molar-refractivity contribution in [1.82, 2.24) is 19.9 Å². The van der Waals surface area contributed by atoms with Crippen LogP contribution in [0.2, 0.25) is 0 Å². The Bertz CT molecular complexity index is 3150. The first-order valence-electron chi connectivity index (χ1n) is 19.0. The van der Waals surface area contributed by atoms with Gasteiger partial charge in [-0.15, -0.1) is 0 Å². The van der Waals surface area contributed by atoms with Crippen LogP contribution in [0.3, 0.4) is 0 Å². The SMILES string of the molecule is c1ccc(-c2ccc(-c3nc(-c4ccc(-c5ccccc5)cc4)nc(-c4ccc5c(c4)oc4ccc6c(-c7ccccc7)nc7ccccc7c6c45)n3)cc2)cc1. The summed E-state index contributed by atoms with van der Waals surface area (Å²) in [4.78, 5) is 20.4. The zero-order chi connectivity index (χ0) is 37.7. The van der Waals surface area contributed by atoms with Crippen LogP contribution in [-0.4, -0.2) is 19.9 Å². The van der Waals surface area contributed by atoms with Crippen molar-refractivity contribution in [2.45, 2.75) is 0 Å². The smallest absolute Gasteiger partial charge is 0.164 e. The summed E-state index contributed by atoms with van der Waals surface area (Å²) < 4.78 is 6.67. The Labute approximate surface area is 328 Å². The van der Waals surface area contributed by atoms with Gasteiger partial charge in [-0.1, -0.05) is 164 Å². The van der Waals surface area contributed by atoms with Gasteiger partial charge in [0, 0.05) is 49.2 Å². The van der Waals surface area contributed by atoms with Crippen LogP contribution >= 0.6 is 0 Å². The van der Waals surface area contributed by atoms with Crippen LogP contribution in [0.1, 0.15) is 0 Å². The average molecular weight is 729 g/mol. The van der Waals surface area contributed by atoms with Gasteiger partial charge in [0.1, 0.15) is 11.2 Å². The van der Waals surface area contributed by atoms with Crippen molar-refractivity contribution in [2.24, 2.45) is 0 Å². The molecule has 11 rings (SSSR count). The Morgan fingerprint density at radius 1 is 0.281 bits per heavy atom. The third-order valence-corrected chi connectivity index (χ3v) is 10.7. The maximum absolute atomic E-state index is 6.67. The van der Waals surface area contributed by atoms with Crippen molar-refractivity contribution in [3.63, 3.8) is 0 Å². The van der Waals surface area contributed by atoms with Crippen LogP contribution in [0, 0.1) is 0 Å². The summed E-state index contributed by atoms with van der Waals surface area (Å²) in [5.41, 5.74) is 11.8. The third-order valence-electron chi connectivity index (χ3n) is 10.7. The Morgan fingerprint density at radius 2 is 0.737 bits per heavy atom. The molecule has 11 aromatic rings. The number of para-hydroxylation sites is 1. The fourth-order valence-electron chi connectivity index (χ4n) is 7.91. The lowest BCUT2D eigenvalue weighted by molar-refractivity contribution is 0.669. The number of hydrogen-bond acceptors (Lipinski definition) is 5. The lowest BCUT2D eigenvalue weighted by Crippen LogP contribution is -2.00. The van der Waals surface area contributed by atoms with Crippen LogP contribution in [0.25, 0.3) is 111 Å². The molecule has 0 unspecified atom stereocenters. The van der Waals surface area contributed by atoms with Gasteiger partial charge in [-0.2, -0.15) is 0 Å². The number of rotatable bonds is 6. The second-order valence-corrected chi connectivity index (χ2v) is 14.2. The molecule has 0 saturated heterocycles. The van der Waals surface area contributed by atoms with E-state index in [1.54, 1.807) is 0 Å². The average Bonchev–Trinajstić information content (AvgIpc) is 3.68. The minimum absolute atomic E-state index is 0.572. The van der Waals surface area contributed by atoms with Crippen LogP contribution in [0.5, 0.6) is 0 Å². The molecule has 0 aliphatic carbocycles. The number of furan rings is 1. The fraction of sp³-hybridized carbons (Fsp3) is 0. The molecule has 0 N–H and O–H groups in total. The van der Waals surface area contributed by atoms with Gasteiger partial charge in [-0.25, -0.2) is 19.9 Å². The molecular formula is C52H32N4O. The van der Waals surface area contributed by atoms with E-state index in [-0.39, 0.29) is 0 Å². The summed E-state index contributed by atoms with van der Waals surface area (Å²) in [5.74, 6) is 1.78. The molecule has 0 bridgehead atoms. The van der Waals surface area contributed by atoms with Crippen molar-refractivity contribution in [3.8, 4) is 67.7 Å². The fourth-order valence-corrected chi connectivity index (χ4v) is 7.91. The predicted octanol–water partition coefficient (Wildman–Crippen LogP) is 13.5. The monoisotopic (exact) mass is 728 g/mol. The molecule has 0 saturated carbocycles. The Hall–Kier alpha value is -7.76. The number of benzene rings is 8. The van der Waals surface area contributed by atoms with E-state index in [1.165, 1.54) is 0 Å². The van der Waals surface area contributed by atoms with E-state index in [0.29, 0.717) is 17.5 Å². The van der Waals surface area contributed by atoms with E-state index >= 15 is 0 Å². The summed E-state index contributed by atoms with van der Waals surface area (Å²) in [7, 11) is 0. The van der Waals surface area contributed by atoms with Gasteiger partial charge in [0.2, 0.25) is 0 Å². The van der Waals surface area contributed by atoms with Crippen molar-refractivity contribution < 1.29 is 4.42 Å². The van der Waals surface area contributed by atoms with E-state index in [0.717, 1.165) is 93.8 Å². The third kappa shape index (κ3) is 5.81. The topological polar surface area (TPSA) is 64.7 Å². The molecule has 8 aromatic carbocycles. The molecule has 0 aliphatic heterocycles. The van der Waals surface area contributed by atoms with Gasteiger partial charge in [-0.3, -0.25) is 0 Å². The Kier molecular flexibility index (Phi) is 7.74. The standard InChI is InChI=1S/C52H32N4O/c1-4-12-33(13-5-1)35-20-24-38(25-21-35)50-54-51(39-26-22-36(23-27-39)34-14-6-2-7-15-34)56-52(55-50)40-28-29-42-46(32-40)57-45-31-30-43-47(48(42)45)41-18-10-11-19-44(41)53-49(43)37-16-8-3-9-17-37/h1-32H. The van der Waals surface area contributed by atoms with Gasteiger partial charge in [0.05, 0.1) is 11.2 Å². The first-order chi connectivity index (χ1) is 28.2. The van der Waals surface area contributed by atoms with Gasteiger partial charge >= 0.3 is 0 Å². The Balaban J connectivity index is 1.07. The normalized spacial score (nSPS) is 11.5. The largest absolute Gasteiger partial charge is 0.456 e. The lowest BCUT2D eigenvalue weighted by atomic mass is 9.96. The van der Waals surface area contributed by atoms with Gasteiger partial charge < -0.3 is 4.42 Å². The Morgan fingerprint density at radius 3 is 1.33 bits per heavy atom. The zero-order valence-electron chi connectivity index (χ0n) is 30.7. The maximum Gasteiger partial charge on any atom is 0.164 e. The molecule has 0 radical (unpaired) electrons. The maximum atomic E-state index is 6.67. The van der Waals surface area contributed by atoms with E-state index < -0.39 is 0 Å².